The van der Waals surface area contributed by atoms with Crippen LogP contribution in [0.4, 0.5) is 0 Å². The molecule has 1 saturated carbocycles. The number of hydrogen-bond acceptors (Lipinski definition) is 4. The Morgan fingerprint density at radius 2 is 2.00 bits per heavy atom. The smallest absolute Gasteiger partial charge is 0.227 e. The molecule has 0 spiro atoms. The number of nitrogens with two attached hydrogens (primary N) is 1. The van der Waals surface area contributed by atoms with E-state index in [2.05, 4.69) is 4.98 Å². The van der Waals surface area contributed by atoms with E-state index in [0.29, 0.717) is 32.2 Å². The molecule has 0 aliphatic heterocycles. The second kappa shape index (κ2) is 10.1. The van der Waals surface area contributed by atoms with Gasteiger partial charge >= 0.3 is 0 Å². The maximum absolute atomic E-state index is 13.2. The molecule has 0 unspecified atom stereocenters. The lowest BCUT2D eigenvalue weighted by Gasteiger charge is -2.34. The summed E-state index contributed by atoms with van der Waals surface area (Å²) in [5.41, 5.74) is 7.41. The number of rotatable bonds is 8. The molecule has 5 nitrogen and oxygen atoms in total. The van der Waals surface area contributed by atoms with Crippen LogP contribution in [0, 0.1) is 0 Å². The van der Waals surface area contributed by atoms with E-state index in [1.807, 2.05) is 47.4 Å². The van der Waals surface area contributed by atoms with E-state index in [0.717, 1.165) is 29.8 Å². The highest BCUT2D eigenvalue weighted by Gasteiger charge is 2.26. The Bertz CT molecular complexity index is 715. The summed E-state index contributed by atoms with van der Waals surface area (Å²) >= 11 is 0. The highest BCUT2D eigenvalue weighted by Crippen LogP contribution is 2.25. The van der Waals surface area contributed by atoms with Gasteiger partial charge in [-0.05, 0) is 42.7 Å². The van der Waals surface area contributed by atoms with Gasteiger partial charge < -0.3 is 15.4 Å². The summed E-state index contributed by atoms with van der Waals surface area (Å²) in [6.07, 6.45) is 7.98. The van der Waals surface area contributed by atoms with Crippen molar-refractivity contribution in [2.75, 3.05) is 13.2 Å². The molecule has 2 N–H and O–H groups in total. The Morgan fingerprint density at radius 1 is 1.15 bits per heavy atom. The number of aromatic nitrogens is 1. The summed E-state index contributed by atoms with van der Waals surface area (Å²) in [7, 11) is 0. The number of carbonyl (C=O) groups excluding carboxylic acids is 1. The molecule has 1 aliphatic carbocycles. The summed E-state index contributed by atoms with van der Waals surface area (Å²) in [4.78, 5) is 19.6. The van der Waals surface area contributed by atoms with Gasteiger partial charge in [0.25, 0.3) is 0 Å². The Morgan fingerprint density at radius 3 is 2.74 bits per heavy atom. The van der Waals surface area contributed by atoms with Crippen LogP contribution in [-0.2, 0) is 17.8 Å². The van der Waals surface area contributed by atoms with Crippen molar-refractivity contribution in [1.29, 1.82) is 0 Å². The van der Waals surface area contributed by atoms with E-state index >= 15 is 0 Å². The first kappa shape index (κ1) is 19.4. The summed E-state index contributed by atoms with van der Waals surface area (Å²) in [6.45, 7) is 1.53. The summed E-state index contributed by atoms with van der Waals surface area (Å²) in [5, 5.41) is 0. The Kier molecular flexibility index (Phi) is 7.22. The minimum absolute atomic E-state index is 0.156. The van der Waals surface area contributed by atoms with Crippen LogP contribution < -0.4 is 10.5 Å². The first-order valence-electron chi connectivity index (χ1n) is 9.87. The van der Waals surface area contributed by atoms with Crippen molar-refractivity contribution in [1.82, 2.24) is 9.88 Å². The SMILES string of the molecule is NCCOc1cccc(CC(=O)N(Cc2ccccn2)C2CCCCC2)c1. The number of pyridine rings is 1. The fourth-order valence-corrected chi connectivity index (χ4v) is 3.68. The van der Waals surface area contributed by atoms with Crippen LogP contribution in [-0.4, -0.2) is 35.0 Å². The highest BCUT2D eigenvalue weighted by molar-refractivity contribution is 5.79. The lowest BCUT2D eigenvalue weighted by atomic mass is 9.93. The first-order valence-corrected chi connectivity index (χ1v) is 9.87. The molecule has 5 heteroatoms. The number of benzene rings is 1. The van der Waals surface area contributed by atoms with Gasteiger partial charge in [0.15, 0.2) is 0 Å². The van der Waals surface area contributed by atoms with E-state index in [1.165, 1.54) is 19.3 Å². The molecule has 0 radical (unpaired) electrons. The van der Waals surface area contributed by atoms with E-state index < -0.39 is 0 Å². The molecule has 0 bridgehead atoms. The molecule has 1 fully saturated rings. The van der Waals surface area contributed by atoms with Gasteiger partial charge in [0.2, 0.25) is 5.91 Å². The van der Waals surface area contributed by atoms with E-state index in [4.69, 9.17) is 10.5 Å². The average molecular weight is 367 g/mol. The van der Waals surface area contributed by atoms with Crippen molar-refractivity contribution in [3.63, 3.8) is 0 Å². The van der Waals surface area contributed by atoms with Crippen LogP contribution in [0.25, 0.3) is 0 Å². The molecule has 27 heavy (non-hydrogen) atoms. The van der Waals surface area contributed by atoms with Gasteiger partial charge in [-0.3, -0.25) is 9.78 Å². The third-order valence-electron chi connectivity index (χ3n) is 5.03. The molecule has 1 amide bonds. The maximum Gasteiger partial charge on any atom is 0.227 e. The predicted molar refractivity (Wildman–Crippen MR) is 106 cm³/mol. The largest absolute Gasteiger partial charge is 0.492 e. The predicted octanol–water partition coefficient (Wildman–Crippen LogP) is 3.32. The van der Waals surface area contributed by atoms with Crippen LogP contribution in [0.15, 0.2) is 48.7 Å². The summed E-state index contributed by atoms with van der Waals surface area (Å²) in [6, 6.07) is 13.9. The monoisotopic (exact) mass is 367 g/mol. The molecule has 1 aliphatic rings. The second-order valence-corrected chi connectivity index (χ2v) is 7.10. The van der Waals surface area contributed by atoms with E-state index in [1.54, 1.807) is 6.20 Å². The molecule has 144 valence electrons. The van der Waals surface area contributed by atoms with Gasteiger partial charge in [-0.2, -0.15) is 0 Å². The third-order valence-corrected chi connectivity index (χ3v) is 5.03. The molecule has 0 saturated heterocycles. The van der Waals surface area contributed by atoms with Crippen LogP contribution in [0.1, 0.15) is 43.4 Å². The van der Waals surface area contributed by atoms with Crippen molar-refractivity contribution in [2.45, 2.75) is 51.1 Å². The van der Waals surface area contributed by atoms with Gasteiger partial charge in [-0.1, -0.05) is 37.5 Å². The third kappa shape index (κ3) is 5.79. The van der Waals surface area contributed by atoms with Crippen LogP contribution in [0.5, 0.6) is 5.75 Å². The van der Waals surface area contributed by atoms with Gasteiger partial charge in [0.05, 0.1) is 18.7 Å². The lowest BCUT2D eigenvalue weighted by Crippen LogP contribution is -2.42. The minimum atomic E-state index is 0.156. The lowest BCUT2D eigenvalue weighted by molar-refractivity contribution is -0.134. The van der Waals surface area contributed by atoms with Crippen LogP contribution in [0.3, 0.4) is 0 Å². The highest BCUT2D eigenvalue weighted by atomic mass is 16.5. The van der Waals surface area contributed by atoms with Gasteiger partial charge in [0.1, 0.15) is 12.4 Å². The second-order valence-electron chi connectivity index (χ2n) is 7.10. The Labute approximate surface area is 161 Å². The zero-order valence-corrected chi connectivity index (χ0v) is 15.8. The normalized spacial score (nSPS) is 14.7. The van der Waals surface area contributed by atoms with Gasteiger partial charge in [-0.25, -0.2) is 0 Å². The van der Waals surface area contributed by atoms with Gasteiger partial charge in [-0.15, -0.1) is 0 Å². The molecule has 1 aromatic carbocycles. The first-order chi connectivity index (χ1) is 13.3. The zero-order chi connectivity index (χ0) is 18.9. The maximum atomic E-state index is 13.2. The van der Waals surface area contributed by atoms with Crippen LogP contribution >= 0.6 is 0 Å². The van der Waals surface area contributed by atoms with Gasteiger partial charge in [0, 0.05) is 18.8 Å². The van der Waals surface area contributed by atoms with Crippen molar-refractivity contribution in [2.24, 2.45) is 5.73 Å². The number of nitrogens with zero attached hydrogens (tertiary/aromatic N) is 2. The van der Waals surface area contributed by atoms with Crippen molar-refractivity contribution in [3.8, 4) is 5.75 Å². The quantitative estimate of drug-likeness (QED) is 0.777. The topological polar surface area (TPSA) is 68.5 Å². The minimum Gasteiger partial charge on any atom is -0.492 e. The number of carbonyl (C=O) groups is 1. The molecule has 1 heterocycles. The molecule has 0 atom stereocenters. The number of hydrogen-bond donors (Lipinski definition) is 1. The van der Waals surface area contributed by atoms with Crippen molar-refractivity contribution < 1.29 is 9.53 Å². The molecular formula is C22H29N3O2. The molecular weight excluding hydrogens is 338 g/mol. The number of amides is 1. The molecule has 2 aromatic rings. The summed E-state index contributed by atoms with van der Waals surface area (Å²) in [5.74, 6) is 0.920. The number of ether oxygens (including phenoxy) is 1. The summed E-state index contributed by atoms with van der Waals surface area (Å²) < 4.78 is 5.59. The fourth-order valence-electron chi connectivity index (χ4n) is 3.68. The average Bonchev–Trinajstić information content (AvgIpc) is 2.72. The van der Waals surface area contributed by atoms with Crippen LogP contribution in [0.2, 0.25) is 0 Å². The molecule has 3 rings (SSSR count). The Balaban J connectivity index is 1.72. The standard InChI is InChI=1S/C22H29N3O2/c23-12-14-27-21-11-6-7-18(15-21)16-22(26)25(20-9-2-1-3-10-20)17-19-8-4-5-13-24-19/h4-8,11,13,15,20H,1-3,9-10,12,14,16-17,23H2. The molecule has 1 aromatic heterocycles. The zero-order valence-electron chi connectivity index (χ0n) is 15.8. The van der Waals surface area contributed by atoms with Crippen molar-refractivity contribution >= 4 is 5.91 Å². The van der Waals surface area contributed by atoms with Crippen molar-refractivity contribution in [3.05, 3.63) is 59.9 Å². The van der Waals surface area contributed by atoms with E-state index in [-0.39, 0.29) is 5.91 Å². The Hall–Kier alpha value is -2.40. The van der Waals surface area contributed by atoms with E-state index in [9.17, 15) is 4.79 Å². The fraction of sp³-hybridized carbons (Fsp3) is 0.455.